The molecular weight excluding hydrogens is 2010 g/mol. The van der Waals surface area contributed by atoms with Crippen molar-refractivity contribution >= 4 is 240 Å². The Morgan fingerprint density at radius 3 is 0.606 bits per heavy atom. The highest BCUT2D eigenvalue weighted by molar-refractivity contribution is 9.10. The summed E-state index contributed by atoms with van der Waals surface area (Å²) in [5.41, 5.74) is 14.9. The van der Waals surface area contributed by atoms with Crippen LogP contribution in [0.4, 0.5) is 4.39 Å². The average molecular weight is 2080 g/mol. The Bertz CT molecular complexity index is 8580. The topological polar surface area (TPSA) is 249 Å². The molecule has 0 bridgehead atoms. The Morgan fingerprint density at radius 1 is 0.176 bits per heavy atom. The van der Waals surface area contributed by atoms with Crippen molar-refractivity contribution in [1.82, 2.24) is 112 Å². The summed E-state index contributed by atoms with van der Waals surface area (Å²) in [6, 6.07) is 127. The standard InChI is InChI=1S/C39H24N6.C27H16ClN5.C16H10ClN3.C9H4BrCl2N3.C9H4Cl2FN3.C9H5Cl2N3/c1-7-19-31-25(13-1)26-14-2-8-20-32(26)43(31)37-40-38(44-33-21-9-3-15-27(33)28-16-4-10-22-34(28)44)42-39(41-37)45-35-23-11-5-17-29(35)30-18-6-12-24-36(30)45;28-25-29-26(32-21-13-5-1-9-17(21)18-10-2-6-14-22(18)32)31-27(30-25)33-23-15-7-3-11-19(23)20-12-4-8-16-24(20)33;17-15-9-10-16(19-18-15)20-13-7-3-1-5-11(13)12-6-2-4-8-14(12)20;10-6-3-1-5(2-4-6)7-13-8(11)15-9(12)14-7;10-8-13-7(14-9(11)15-8)5-1-3-6(12)4-2-5;10-8-12-7(13-9(11)14-8)6-4-2-1-3-5-6/h1-24H;1-16H;1-10H;2*1-4H;1-5H. The van der Waals surface area contributed by atoms with E-state index < -0.39 is 0 Å². The van der Waals surface area contributed by atoms with E-state index in [0.717, 1.165) is 141 Å². The van der Waals surface area contributed by atoms with Gasteiger partial charge in [0.15, 0.2) is 28.4 Å². The van der Waals surface area contributed by atoms with Gasteiger partial charge in [-0.2, -0.15) is 74.8 Å². The predicted octanol–water partition coefficient (Wildman–Crippen LogP) is 29.5. The zero-order valence-corrected chi connectivity index (χ0v) is 81.1. The normalized spacial score (nSPS) is 11.3. The number of aromatic nitrogens is 23. The molecule has 27 aromatic rings. The van der Waals surface area contributed by atoms with Crippen LogP contribution in [0.25, 0.3) is 201 Å². The number of fused-ring (bicyclic) bond motifs is 18. The molecule has 0 saturated carbocycles. The van der Waals surface area contributed by atoms with Crippen molar-refractivity contribution in [3.63, 3.8) is 0 Å². The fourth-order valence-corrected chi connectivity index (χ4v) is 19.2. The van der Waals surface area contributed by atoms with Gasteiger partial charge in [-0.15, -0.1) is 10.2 Å². The van der Waals surface area contributed by atoms with E-state index in [1.165, 1.54) is 35.0 Å². The first-order valence-corrected chi connectivity index (χ1v) is 47.7. The first kappa shape index (κ1) is 91.1. The summed E-state index contributed by atoms with van der Waals surface area (Å²) in [7, 11) is 0. The van der Waals surface area contributed by atoms with Crippen LogP contribution in [0.15, 0.2) is 387 Å². The summed E-state index contributed by atoms with van der Waals surface area (Å²) >= 11 is 49.5. The Morgan fingerprint density at radius 2 is 0.373 bits per heavy atom. The Hall–Kier alpha value is -16.0. The molecule has 0 amide bonds. The second kappa shape index (κ2) is 39.7. The third-order valence-corrected chi connectivity index (χ3v) is 25.4. The quantitative estimate of drug-likeness (QED) is 0.130. The summed E-state index contributed by atoms with van der Waals surface area (Å²) < 4.78 is 26.4. The van der Waals surface area contributed by atoms with Crippen molar-refractivity contribution < 1.29 is 4.39 Å². The van der Waals surface area contributed by atoms with Gasteiger partial charge in [-0.3, -0.25) is 27.4 Å². The van der Waals surface area contributed by atoms with Crippen molar-refractivity contribution in [2.24, 2.45) is 0 Å². The van der Waals surface area contributed by atoms with Crippen LogP contribution in [0.5, 0.6) is 0 Å². The maximum absolute atomic E-state index is 12.7. The van der Waals surface area contributed by atoms with E-state index in [1.807, 2.05) is 133 Å². The molecule has 142 heavy (non-hydrogen) atoms. The maximum atomic E-state index is 12.7. The third kappa shape index (κ3) is 18.1. The SMILES string of the molecule is Clc1ccc(-n2c3ccccc3c3ccccc32)nn1.Clc1nc(-n2c3ccccc3c3ccccc32)nc(-n2c3ccccc3c3ccccc32)n1.Clc1nc(Cl)nc(-c2ccc(Br)cc2)n1.Clc1nc(Cl)nc(-c2ccccc2)n1.Fc1ccc(-c2nc(Cl)nc(Cl)n2)cc1.c1ccc2c(c1)c1ccccc1n2-c1nc(-n2c3ccccc3c3ccccc32)nc(-n2c3ccccc3c3ccccc32)n1. The van der Waals surface area contributed by atoms with E-state index in [9.17, 15) is 4.39 Å². The predicted molar refractivity (Wildman–Crippen MR) is 571 cm³/mol. The van der Waals surface area contributed by atoms with Gasteiger partial charge in [0, 0.05) is 85.8 Å². The monoisotopic (exact) mass is 2070 g/mol. The van der Waals surface area contributed by atoms with Crippen LogP contribution in [0.3, 0.4) is 0 Å². The molecule has 0 atom stereocenters. The molecule has 0 radical (unpaired) electrons. The number of halogens is 10. The van der Waals surface area contributed by atoms with Crippen LogP contribution >= 0.6 is 109 Å². The lowest BCUT2D eigenvalue weighted by atomic mass is 10.2. The molecule has 0 spiro atoms. The molecule has 23 nitrogen and oxygen atoms in total. The minimum absolute atomic E-state index is 0.00863. The fraction of sp³-hybridized carbons (Fsp3) is 0. The van der Waals surface area contributed by atoms with Crippen molar-refractivity contribution in [2.45, 2.75) is 0 Å². The van der Waals surface area contributed by atoms with Crippen molar-refractivity contribution in [2.75, 3.05) is 0 Å². The van der Waals surface area contributed by atoms with Gasteiger partial charge in [-0.05, 0) is 203 Å². The van der Waals surface area contributed by atoms with Gasteiger partial charge in [0.25, 0.3) is 0 Å². The lowest BCUT2D eigenvalue weighted by molar-refractivity contribution is 0.628. The summed E-state index contributed by atoms with van der Waals surface area (Å²) in [6.07, 6.45) is 0. The molecule has 12 aromatic heterocycles. The molecule has 0 aliphatic rings. The van der Waals surface area contributed by atoms with Gasteiger partial charge in [-0.25, -0.2) is 4.39 Å². The fourth-order valence-electron chi connectivity index (χ4n) is 17.6. The van der Waals surface area contributed by atoms with Gasteiger partial charge in [-0.1, -0.05) is 288 Å². The Kier molecular flexibility index (Phi) is 25.5. The first-order chi connectivity index (χ1) is 69.5. The molecule has 33 heteroatoms. The molecule has 15 aromatic carbocycles. The summed E-state index contributed by atoms with van der Waals surface area (Å²) in [4.78, 5) is 64.4. The average Bonchev–Trinajstić information content (AvgIpc) is 1.51. The summed E-state index contributed by atoms with van der Waals surface area (Å²) in [5, 5.41) is 23.0. The molecule has 684 valence electrons. The molecular formula is C109H63BrCl8FN23. The van der Waals surface area contributed by atoms with Crippen LogP contribution in [0.1, 0.15) is 0 Å². The lowest BCUT2D eigenvalue weighted by Crippen LogP contribution is -2.13. The van der Waals surface area contributed by atoms with Crippen LogP contribution in [-0.2, 0) is 0 Å². The molecule has 0 N–H and O–H groups in total. The second-order valence-corrected chi connectivity index (χ2v) is 35.5. The van der Waals surface area contributed by atoms with Gasteiger partial charge in [0.05, 0.1) is 66.2 Å². The molecule has 0 unspecified atom stereocenters. The maximum Gasteiger partial charge on any atom is 0.241 e. The molecule has 27 rings (SSSR count). The van der Waals surface area contributed by atoms with Crippen LogP contribution < -0.4 is 0 Å². The lowest BCUT2D eigenvalue weighted by Gasteiger charge is -2.14. The van der Waals surface area contributed by atoms with E-state index in [-0.39, 0.29) is 42.8 Å². The van der Waals surface area contributed by atoms with Crippen LogP contribution in [0, 0.1) is 5.82 Å². The number of hydrogen-bond donors (Lipinski definition) is 0. The smallest absolute Gasteiger partial charge is 0.241 e. The third-order valence-electron chi connectivity index (χ3n) is 23.5. The Labute approximate surface area is 853 Å². The minimum atomic E-state index is -0.329. The van der Waals surface area contributed by atoms with Crippen LogP contribution in [0.2, 0.25) is 42.1 Å². The Balaban J connectivity index is 0.000000104. The van der Waals surface area contributed by atoms with E-state index in [4.69, 9.17) is 113 Å². The van der Waals surface area contributed by atoms with Gasteiger partial charge < -0.3 is 0 Å². The highest BCUT2D eigenvalue weighted by Gasteiger charge is 2.26. The zero-order valence-electron chi connectivity index (χ0n) is 73.4. The van der Waals surface area contributed by atoms with Crippen molar-refractivity contribution in [1.29, 1.82) is 0 Å². The van der Waals surface area contributed by atoms with Gasteiger partial charge in [0.2, 0.25) is 66.7 Å². The van der Waals surface area contributed by atoms with E-state index in [0.29, 0.717) is 57.9 Å². The second-order valence-electron chi connectivity index (χ2n) is 31.8. The van der Waals surface area contributed by atoms with Gasteiger partial charge in [0.1, 0.15) is 5.82 Å². The number of benzene rings is 15. The molecule has 0 saturated heterocycles. The van der Waals surface area contributed by atoms with E-state index >= 15 is 0 Å². The number of para-hydroxylation sites is 12. The van der Waals surface area contributed by atoms with Crippen molar-refractivity contribution in [3.8, 4) is 69.7 Å². The zero-order chi connectivity index (χ0) is 96.6. The largest absolute Gasteiger partial charge is 0.292 e. The molecule has 0 aliphatic carbocycles. The molecule has 12 heterocycles. The highest BCUT2D eigenvalue weighted by atomic mass is 79.9. The van der Waals surface area contributed by atoms with E-state index in [1.54, 1.807) is 6.07 Å². The first-order valence-electron chi connectivity index (χ1n) is 43.9. The number of hydrogen-bond acceptors (Lipinski definition) is 17. The molecule has 0 aliphatic heterocycles. The molecule has 0 fully saturated rings. The number of rotatable bonds is 9. The highest BCUT2D eigenvalue weighted by Crippen LogP contribution is 2.40. The van der Waals surface area contributed by atoms with E-state index in [2.05, 4.69) is 327 Å². The number of nitrogens with zero attached hydrogens (tertiary/aromatic N) is 23. The minimum Gasteiger partial charge on any atom is -0.292 e. The van der Waals surface area contributed by atoms with Gasteiger partial charge >= 0.3 is 0 Å². The summed E-state index contributed by atoms with van der Waals surface area (Å²) in [5.74, 6) is 4.39. The summed E-state index contributed by atoms with van der Waals surface area (Å²) in [6.45, 7) is 0. The van der Waals surface area contributed by atoms with Crippen LogP contribution in [-0.4, -0.2) is 112 Å². The van der Waals surface area contributed by atoms with Crippen molar-refractivity contribution in [3.05, 3.63) is 435 Å².